The molecule has 0 saturated carbocycles. The maximum absolute atomic E-state index is 5.22. The van der Waals surface area contributed by atoms with Crippen molar-refractivity contribution < 1.29 is 0 Å². The molecule has 192 valence electrons. The molecule has 2 heterocycles. The fourth-order valence-corrected chi connectivity index (χ4v) is 7.50. The molecule has 1 aliphatic carbocycles. The van der Waals surface area contributed by atoms with Crippen molar-refractivity contribution in [2.24, 2.45) is 0 Å². The molecule has 0 atom stereocenters. The summed E-state index contributed by atoms with van der Waals surface area (Å²) in [5.74, 6) is 0. The van der Waals surface area contributed by atoms with Crippen LogP contribution in [0, 0.1) is 0 Å². The van der Waals surface area contributed by atoms with Gasteiger partial charge in [0.25, 0.3) is 0 Å². The molecule has 0 spiro atoms. The summed E-state index contributed by atoms with van der Waals surface area (Å²) in [5, 5.41) is 3.65. The van der Waals surface area contributed by atoms with Crippen LogP contribution < -0.4 is 9.80 Å². The lowest BCUT2D eigenvalue weighted by Gasteiger charge is -2.40. The Labute approximate surface area is 242 Å². The molecular formula is C37H23N3S. The highest BCUT2D eigenvalue weighted by molar-refractivity contribution is 7.19. The Morgan fingerprint density at radius 1 is 0.488 bits per heavy atom. The number of benzene rings is 6. The van der Waals surface area contributed by atoms with Crippen molar-refractivity contribution in [2.45, 2.75) is 0 Å². The van der Waals surface area contributed by atoms with E-state index in [2.05, 4.69) is 149 Å². The van der Waals surface area contributed by atoms with Gasteiger partial charge in [-0.25, -0.2) is 4.98 Å². The molecule has 0 unspecified atom stereocenters. The highest BCUT2D eigenvalue weighted by atomic mass is 32.1. The molecule has 0 saturated heterocycles. The van der Waals surface area contributed by atoms with Crippen molar-refractivity contribution in [1.82, 2.24) is 4.98 Å². The average molecular weight is 542 g/mol. The minimum Gasteiger partial charge on any atom is -0.306 e. The van der Waals surface area contributed by atoms with Crippen LogP contribution in [0.15, 0.2) is 140 Å². The monoisotopic (exact) mass is 541 g/mol. The lowest BCUT2D eigenvalue weighted by atomic mass is 10.0. The van der Waals surface area contributed by atoms with E-state index in [9.17, 15) is 0 Å². The van der Waals surface area contributed by atoms with E-state index in [1.54, 1.807) is 11.3 Å². The summed E-state index contributed by atoms with van der Waals surface area (Å²) in [6, 6.07) is 49.9. The van der Waals surface area contributed by atoms with Gasteiger partial charge in [0.1, 0.15) is 5.01 Å². The van der Waals surface area contributed by atoms with Crippen LogP contribution in [0.4, 0.5) is 34.1 Å². The third-order valence-electron chi connectivity index (χ3n) is 8.12. The molecule has 9 rings (SSSR count). The maximum atomic E-state index is 5.22. The quantitative estimate of drug-likeness (QED) is 0.222. The van der Waals surface area contributed by atoms with Crippen molar-refractivity contribution in [3.05, 3.63) is 140 Å². The van der Waals surface area contributed by atoms with Gasteiger partial charge in [-0.15, -0.1) is 11.3 Å². The number of hydrogen-bond acceptors (Lipinski definition) is 4. The lowest BCUT2D eigenvalue weighted by molar-refractivity contribution is 1.17. The average Bonchev–Trinajstić information content (AvgIpc) is 3.60. The molecule has 0 bridgehead atoms. The minimum absolute atomic E-state index is 1.05. The van der Waals surface area contributed by atoms with E-state index in [0.29, 0.717) is 0 Å². The Bertz CT molecular complexity index is 2020. The molecule has 6 aromatic carbocycles. The Morgan fingerprint density at radius 3 is 1.73 bits per heavy atom. The first-order valence-electron chi connectivity index (χ1n) is 13.8. The first-order chi connectivity index (χ1) is 20.3. The van der Waals surface area contributed by atoms with Gasteiger partial charge in [-0.05, 0) is 59.3 Å². The molecule has 1 aliphatic heterocycles. The van der Waals surface area contributed by atoms with Gasteiger partial charge < -0.3 is 9.80 Å². The second-order valence-electron chi connectivity index (χ2n) is 10.4. The molecule has 0 N–H and O–H groups in total. The van der Waals surface area contributed by atoms with E-state index >= 15 is 0 Å². The van der Waals surface area contributed by atoms with Gasteiger partial charge in [0.15, 0.2) is 0 Å². The van der Waals surface area contributed by atoms with Crippen LogP contribution >= 0.6 is 11.3 Å². The Hall–Kier alpha value is -5.19. The maximum Gasteiger partial charge on any atom is 0.124 e. The number of rotatable bonds is 3. The smallest absolute Gasteiger partial charge is 0.124 e. The number of aromatic nitrogens is 1. The van der Waals surface area contributed by atoms with Crippen LogP contribution in [-0.4, -0.2) is 4.98 Å². The summed E-state index contributed by atoms with van der Waals surface area (Å²) in [7, 11) is 0. The van der Waals surface area contributed by atoms with Crippen molar-refractivity contribution >= 4 is 56.2 Å². The molecule has 0 fully saturated rings. The predicted octanol–water partition coefficient (Wildman–Crippen LogP) is 10.9. The van der Waals surface area contributed by atoms with Gasteiger partial charge in [0, 0.05) is 28.1 Å². The van der Waals surface area contributed by atoms with Crippen molar-refractivity contribution in [2.75, 3.05) is 9.80 Å². The van der Waals surface area contributed by atoms with Gasteiger partial charge in [0.05, 0.1) is 33.3 Å². The Morgan fingerprint density at radius 2 is 1.05 bits per heavy atom. The predicted molar refractivity (Wildman–Crippen MR) is 172 cm³/mol. The largest absolute Gasteiger partial charge is 0.306 e. The summed E-state index contributed by atoms with van der Waals surface area (Å²) in [6.45, 7) is 0. The lowest BCUT2D eigenvalue weighted by Crippen LogP contribution is -2.23. The van der Waals surface area contributed by atoms with Gasteiger partial charge in [-0.3, -0.25) is 0 Å². The molecule has 7 aromatic rings. The fourth-order valence-electron chi connectivity index (χ4n) is 6.39. The summed E-state index contributed by atoms with van der Waals surface area (Å²) >= 11 is 1.79. The van der Waals surface area contributed by atoms with Crippen molar-refractivity contribution in [1.29, 1.82) is 0 Å². The van der Waals surface area contributed by atoms with E-state index in [4.69, 9.17) is 4.98 Å². The van der Waals surface area contributed by atoms with Gasteiger partial charge in [0.2, 0.25) is 0 Å². The standard InChI is InChI=1S/C37H23N3S/c1-2-14-26(15-3-1)39-30-19-4-6-21-32(30)40(33-22-7-5-20-31(33)39)27-16-8-13-25(23-27)37-38-35-28-17-9-11-24-12-10-18-29(34(24)28)36(35)41-37/h1-23H. The van der Waals surface area contributed by atoms with Gasteiger partial charge in [-0.2, -0.15) is 0 Å². The SMILES string of the molecule is c1ccc(N2c3ccccc3N(c3cccc(-c4nc5c(s4)-c4cccc6cccc-5c46)c3)c3ccccc32)cc1. The molecule has 0 radical (unpaired) electrons. The van der Waals surface area contributed by atoms with E-state index in [-0.39, 0.29) is 0 Å². The normalized spacial score (nSPS) is 12.8. The van der Waals surface area contributed by atoms with Crippen LogP contribution in [0.2, 0.25) is 0 Å². The fraction of sp³-hybridized carbons (Fsp3) is 0. The van der Waals surface area contributed by atoms with Crippen molar-refractivity contribution in [3.63, 3.8) is 0 Å². The number of hydrogen-bond donors (Lipinski definition) is 0. The van der Waals surface area contributed by atoms with Gasteiger partial charge >= 0.3 is 0 Å². The third-order valence-corrected chi connectivity index (χ3v) is 9.26. The molecule has 1 aromatic heterocycles. The summed E-state index contributed by atoms with van der Waals surface area (Å²) in [4.78, 5) is 11.2. The first-order valence-corrected chi connectivity index (χ1v) is 14.6. The summed E-state index contributed by atoms with van der Waals surface area (Å²) < 4.78 is 0. The molecule has 3 nitrogen and oxygen atoms in total. The number of thiazole rings is 1. The zero-order valence-electron chi connectivity index (χ0n) is 22.0. The molecule has 4 heteroatoms. The zero-order chi connectivity index (χ0) is 26.9. The van der Waals surface area contributed by atoms with Crippen LogP contribution in [0.1, 0.15) is 0 Å². The number of fused-ring (bicyclic) bond motifs is 5. The van der Waals surface area contributed by atoms with Gasteiger partial charge in [-0.1, -0.05) is 91.0 Å². The highest BCUT2D eigenvalue weighted by Gasteiger charge is 2.31. The second kappa shape index (κ2) is 8.65. The number of nitrogens with zero attached hydrogens (tertiary/aromatic N) is 3. The number of anilines is 6. The summed E-state index contributed by atoms with van der Waals surface area (Å²) in [5.41, 5.74) is 11.6. The minimum atomic E-state index is 1.05. The molecule has 41 heavy (non-hydrogen) atoms. The first kappa shape index (κ1) is 22.6. The molecule has 0 amide bonds. The van der Waals surface area contributed by atoms with Crippen LogP contribution in [0.3, 0.4) is 0 Å². The third kappa shape index (κ3) is 3.28. The second-order valence-corrected chi connectivity index (χ2v) is 11.4. The van der Waals surface area contributed by atoms with E-state index in [0.717, 1.165) is 50.4 Å². The molecule has 2 aliphatic rings. The topological polar surface area (TPSA) is 19.4 Å². The zero-order valence-corrected chi connectivity index (χ0v) is 22.8. The van der Waals surface area contributed by atoms with E-state index in [1.807, 2.05) is 0 Å². The Balaban J connectivity index is 1.19. The highest BCUT2D eigenvalue weighted by Crippen LogP contribution is 2.55. The summed E-state index contributed by atoms with van der Waals surface area (Å²) in [6.07, 6.45) is 0. The van der Waals surface area contributed by atoms with Crippen molar-refractivity contribution in [3.8, 4) is 32.3 Å². The Kier molecular flexibility index (Phi) is 4.77. The number of para-hydroxylation sites is 5. The van der Waals surface area contributed by atoms with Crippen LogP contribution in [0.25, 0.3) is 43.0 Å². The van der Waals surface area contributed by atoms with E-state index in [1.165, 1.54) is 26.8 Å². The van der Waals surface area contributed by atoms with Crippen LogP contribution in [0.5, 0.6) is 0 Å². The van der Waals surface area contributed by atoms with E-state index < -0.39 is 0 Å². The molecular weight excluding hydrogens is 518 g/mol. The van der Waals surface area contributed by atoms with Crippen LogP contribution in [-0.2, 0) is 0 Å².